The number of fused-ring (bicyclic) bond motifs is 2. The summed E-state index contributed by atoms with van der Waals surface area (Å²) in [7, 11) is 1.93. The van der Waals surface area contributed by atoms with Crippen LogP contribution < -0.4 is 15.5 Å². The predicted molar refractivity (Wildman–Crippen MR) is 103 cm³/mol. The summed E-state index contributed by atoms with van der Waals surface area (Å²) in [6.07, 6.45) is 3.35. The van der Waals surface area contributed by atoms with E-state index >= 15 is 0 Å². The van der Waals surface area contributed by atoms with Gasteiger partial charge in [0, 0.05) is 43.7 Å². The maximum absolute atomic E-state index is 12.3. The number of piperidine rings is 2. The topological polar surface area (TPSA) is 79.3 Å². The Hall–Kier alpha value is -2.41. The number of aryl methyl sites for hydroxylation is 1. The van der Waals surface area contributed by atoms with E-state index in [1.165, 1.54) is 18.5 Å². The molecule has 7 heteroatoms. The standard InChI is InChI=1S/C20H25N5O2/c1-24-17-10-13(25-9-7-16-12(11-25)6-8-21-16)2-3-14(17)19(23-24)15-4-5-18(26)22-20(15)27/h2-3,10,12,15-16,21H,4-9,11H2,1H3,(H,22,26,27). The zero-order valence-corrected chi connectivity index (χ0v) is 15.6. The number of hydrogen-bond donors (Lipinski definition) is 2. The summed E-state index contributed by atoms with van der Waals surface area (Å²) >= 11 is 0. The number of nitrogens with zero attached hydrogens (tertiary/aromatic N) is 3. The van der Waals surface area contributed by atoms with Gasteiger partial charge in [-0.15, -0.1) is 0 Å². The SMILES string of the molecule is Cn1nc(C2CCC(=O)NC2=O)c2ccc(N3CCC4NCCC4C3)cc21. The third kappa shape index (κ3) is 2.81. The van der Waals surface area contributed by atoms with Crippen LogP contribution in [-0.4, -0.2) is 47.3 Å². The molecule has 3 saturated heterocycles. The van der Waals surface area contributed by atoms with E-state index in [0.717, 1.165) is 42.1 Å². The first-order chi connectivity index (χ1) is 13.1. The Bertz CT molecular complexity index is 920. The molecule has 3 aliphatic heterocycles. The van der Waals surface area contributed by atoms with Gasteiger partial charge < -0.3 is 10.2 Å². The van der Waals surface area contributed by atoms with Crippen LogP contribution in [0.25, 0.3) is 10.9 Å². The van der Waals surface area contributed by atoms with Gasteiger partial charge in [0.15, 0.2) is 0 Å². The number of amides is 2. The summed E-state index contributed by atoms with van der Waals surface area (Å²) in [4.78, 5) is 26.2. The van der Waals surface area contributed by atoms with Gasteiger partial charge in [0.2, 0.25) is 11.8 Å². The van der Waals surface area contributed by atoms with Crippen LogP contribution in [-0.2, 0) is 16.6 Å². The number of imide groups is 1. The molecule has 0 aliphatic carbocycles. The maximum Gasteiger partial charge on any atom is 0.235 e. The Morgan fingerprint density at radius 1 is 1.19 bits per heavy atom. The molecule has 1 aromatic carbocycles. The van der Waals surface area contributed by atoms with Crippen molar-refractivity contribution in [3.05, 3.63) is 23.9 Å². The van der Waals surface area contributed by atoms with Gasteiger partial charge in [-0.2, -0.15) is 5.10 Å². The van der Waals surface area contributed by atoms with E-state index in [1.807, 2.05) is 11.7 Å². The first kappa shape index (κ1) is 16.7. The summed E-state index contributed by atoms with van der Waals surface area (Å²) in [6, 6.07) is 7.12. The molecule has 142 valence electrons. The van der Waals surface area contributed by atoms with Crippen molar-refractivity contribution >= 4 is 28.4 Å². The molecular formula is C20H25N5O2. The molecular weight excluding hydrogens is 342 g/mol. The Balaban J connectivity index is 1.46. The van der Waals surface area contributed by atoms with Crippen molar-refractivity contribution in [1.29, 1.82) is 0 Å². The first-order valence-electron chi connectivity index (χ1n) is 9.89. The number of carbonyl (C=O) groups excluding carboxylic acids is 2. The molecule has 3 aliphatic rings. The van der Waals surface area contributed by atoms with E-state index in [4.69, 9.17) is 0 Å². The number of nitrogens with one attached hydrogen (secondary N) is 2. The average Bonchev–Trinajstić information content (AvgIpc) is 3.25. The molecule has 3 fully saturated rings. The number of carbonyl (C=O) groups is 2. The highest BCUT2D eigenvalue weighted by molar-refractivity contribution is 6.02. The normalized spacial score (nSPS) is 28.5. The number of rotatable bonds is 2. The van der Waals surface area contributed by atoms with Crippen molar-refractivity contribution in [2.45, 2.75) is 37.6 Å². The lowest BCUT2D eigenvalue weighted by Gasteiger charge is -2.36. The van der Waals surface area contributed by atoms with E-state index in [-0.39, 0.29) is 17.7 Å². The van der Waals surface area contributed by atoms with Gasteiger partial charge in [0.25, 0.3) is 0 Å². The zero-order valence-electron chi connectivity index (χ0n) is 15.6. The van der Waals surface area contributed by atoms with Crippen LogP contribution in [0.2, 0.25) is 0 Å². The summed E-state index contributed by atoms with van der Waals surface area (Å²) in [5.41, 5.74) is 3.05. The van der Waals surface area contributed by atoms with Gasteiger partial charge in [-0.25, -0.2) is 0 Å². The highest BCUT2D eigenvalue weighted by Gasteiger charge is 2.34. The fourth-order valence-corrected chi connectivity index (χ4v) is 4.96. The number of hydrogen-bond acceptors (Lipinski definition) is 5. The van der Waals surface area contributed by atoms with Gasteiger partial charge >= 0.3 is 0 Å². The Morgan fingerprint density at radius 2 is 2.07 bits per heavy atom. The highest BCUT2D eigenvalue weighted by atomic mass is 16.2. The summed E-state index contributed by atoms with van der Waals surface area (Å²) in [5, 5.41) is 11.7. The number of benzene rings is 1. The maximum atomic E-state index is 12.3. The average molecular weight is 367 g/mol. The van der Waals surface area contributed by atoms with Crippen molar-refractivity contribution in [2.75, 3.05) is 24.5 Å². The lowest BCUT2D eigenvalue weighted by molar-refractivity contribution is -0.134. The third-order valence-electron chi connectivity index (χ3n) is 6.45. The van der Waals surface area contributed by atoms with Crippen LogP contribution in [0.3, 0.4) is 0 Å². The van der Waals surface area contributed by atoms with Gasteiger partial charge in [-0.1, -0.05) is 0 Å². The van der Waals surface area contributed by atoms with Crippen LogP contribution in [0.4, 0.5) is 5.69 Å². The van der Waals surface area contributed by atoms with Crippen molar-refractivity contribution in [3.63, 3.8) is 0 Å². The molecule has 5 rings (SSSR count). The van der Waals surface area contributed by atoms with Crippen molar-refractivity contribution in [1.82, 2.24) is 20.4 Å². The summed E-state index contributed by atoms with van der Waals surface area (Å²) in [6.45, 7) is 3.30. The summed E-state index contributed by atoms with van der Waals surface area (Å²) < 4.78 is 1.86. The van der Waals surface area contributed by atoms with Gasteiger partial charge in [-0.3, -0.25) is 19.6 Å². The molecule has 27 heavy (non-hydrogen) atoms. The Labute approximate surface area is 158 Å². The fourth-order valence-electron chi connectivity index (χ4n) is 4.96. The van der Waals surface area contributed by atoms with Crippen molar-refractivity contribution in [3.8, 4) is 0 Å². The molecule has 0 bridgehead atoms. The molecule has 2 amide bonds. The second kappa shape index (κ2) is 6.34. The minimum atomic E-state index is -0.349. The van der Waals surface area contributed by atoms with Crippen LogP contribution in [0.5, 0.6) is 0 Å². The zero-order chi connectivity index (χ0) is 18.5. The molecule has 4 heterocycles. The summed E-state index contributed by atoms with van der Waals surface area (Å²) in [5.74, 6) is -0.0349. The lowest BCUT2D eigenvalue weighted by atomic mass is 9.92. The van der Waals surface area contributed by atoms with Gasteiger partial charge in [-0.05, 0) is 49.9 Å². The van der Waals surface area contributed by atoms with Crippen LogP contribution in [0.15, 0.2) is 18.2 Å². The molecule has 3 unspecified atom stereocenters. The van der Waals surface area contributed by atoms with E-state index in [1.54, 1.807) is 0 Å². The van der Waals surface area contributed by atoms with E-state index in [9.17, 15) is 9.59 Å². The molecule has 1 aromatic heterocycles. The number of aromatic nitrogens is 2. The first-order valence-corrected chi connectivity index (χ1v) is 9.89. The lowest BCUT2D eigenvalue weighted by Crippen LogP contribution is -2.44. The Morgan fingerprint density at radius 3 is 2.93 bits per heavy atom. The molecule has 2 N–H and O–H groups in total. The fraction of sp³-hybridized carbons (Fsp3) is 0.550. The van der Waals surface area contributed by atoms with Gasteiger partial charge in [0.05, 0.1) is 17.1 Å². The molecule has 7 nitrogen and oxygen atoms in total. The predicted octanol–water partition coefficient (Wildman–Crippen LogP) is 1.28. The highest BCUT2D eigenvalue weighted by Crippen LogP contribution is 2.34. The smallest absolute Gasteiger partial charge is 0.235 e. The van der Waals surface area contributed by atoms with Crippen molar-refractivity contribution in [2.24, 2.45) is 13.0 Å². The minimum absolute atomic E-state index is 0.191. The molecule has 0 radical (unpaired) electrons. The van der Waals surface area contributed by atoms with Crippen LogP contribution in [0.1, 0.15) is 37.3 Å². The quantitative estimate of drug-likeness (QED) is 0.782. The minimum Gasteiger partial charge on any atom is -0.371 e. The van der Waals surface area contributed by atoms with E-state index in [0.29, 0.717) is 18.9 Å². The van der Waals surface area contributed by atoms with Gasteiger partial charge in [0.1, 0.15) is 0 Å². The monoisotopic (exact) mass is 367 g/mol. The molecule has 0 spiro atoms. The van der Waals surface area contributed by atoms with Crippen LogP contribution >= 0.6 is 0 Å². The van der Waals surface area contributed by atoms with Crippen LogP contribution in [0, 0.1) is 5.92 Å². The second-order valence-electron chi connectivity index (χ2n) is 8.06. The van der Waals surface area contributed by atoms with Crippen molar-refractivity contribution < 1.29 is 9.59 Å². The molecule has 3 atom stereocenters. The Kier molecular flexibility index (Phi) is 3.93. The number of anilines is 1. The van der Waals surface area contributed by atoms with E-state index < -0.39 is 0 Å². The van der Waals surface area contributed by atoms with E-state index in [2.05, 4.69) is 38.8 Å². The second-order valence-corrected chi connectivity index (χ2v) is 8.06. The molecule has 2 aromatic rings. The third-order valence-corrected chi connectivity index (χ3v) is 6.45. The molecule has 0 saturated carbocycles. The largest absolute Gasteiger partial charge is 0.371 e.